The lowest BCUT2D eigenvalue weighted by atomic mass is 9.97. The third kappa shape index (κ3) is 8.13. The first-order chi connectivity index (χ1) is 22.7. The van der Waals surface area contributed by atoms with Crippen molar-refractivity contribution in [1.82, 2.24) is 0 Å². The van der Waals surface area contributed by atoms with Crippen LogP contribution in [-0.2, 0) is 12.5 Å². The first-order valence-electron chi connectivity index (χ1n) is 14.9. The molecule has 0 saturated heterocycles. The number of alkyl halides is 5. The van der Waals surface area contributed by atoms with Crippen LogP contribution >= 0.6 is 0 Å². The lowest BCUT2D eigenvalue weighted by molar-refractivity contribution is -0.276. The Balaban J connectivity index is 1.29. The summed E-state index contributed by atoms with van der Waals surface area (Å²) in [5, 5.41) is 0. The minimum Gasteiger partial charge on any atom is -0.429 e. The molecule has 0 unspecified atom stereocenters. The van der Waals surface area contributed by atoms with Gasteiger partial charge in [-0.2, -0.15) is 8.78 Å². The van der Waals surface area contributed by atoms with Crippen molar-refractivity contribution in [3.8, 4) is 44.9 Å². The monoisotopic (exact) mass is 674 g/mol. The molecule has 0 aliphatic rings. The maximum absolute atomic E-state index is 15.1. The van der Waals surface area contributed by atoms with Crippen LogP contribution in [0.3, 0.4) is 0 Å². The number of ether oxygens (including phenoxy) is 2. The molecule has 11 heteroatoms. The fourth-order valence-corrected chi connectivity index (χ4v) is 5.14. The van der Waals surface area contributed by atoms with Crippen LogP contribution in [0.5, 0.6) is 11.5 Å². The van der Waals surface area contributed by atoms with E-state index in [1.165, 1.54) is 48.5 Å². The van der Waals surface area contributed by atoms with Gasteiger partial charge in [0.1, 0.15) is 17.4 Å². The second-order valence-corrected chi connectivity index (χ2v) is 11.0. The van der Waals surface area contributed by atoms with E-state index in [1.807, 2.05) is 0 Å². The molecule has 2 nitrogen and oxygen atoms in total. The lowest BCUT2D eigenvalue weighted by Crippen LogP contribution is -2.22. The van der Waals surface area contributed by atoms with E-state index in [4.69, 9.17) is 4.74 Å². The molecule has 0 atom stereocenters. The Morgan fingerprint density at radius 1 is 0.521 bits per heavy atom. The van der Waals surface area contributed by atoms with Crippen molar-refractivity contribution in [3.63, 3.8) is 0 Å². The highest BCUT2D eigenvalue weighted by atomic mass is 19.4. The van der Waals surface area contributed by atoms with Crippen LogP contribution < -0.4 is 9.47 Å². The Bertz CT molecular complexity index is 1860. The SMILES string of the molecule is CCCCCc1ccc(C(F)(F)Oc2ccc(-c3ccc(-c4ccc(-c5cc(F)c(OC(F)(F)F)c(F)c5)c(F)c4)cc3)c(F)c2)cc1. The van der Waals surface area contributed by atoms with Gasteiger partial charge in [-0.3, -0.25) is 0 Å². The predicted octanol–water partition coefficient (Wildman–Crippen LogP) is 12.0. The summed E-state index contributed by atoms with van der Waals surface area (Å²) in [5.41, 5.74) is 1.24. The van der Waals surface area contributed by atoms with Crippen LogP contribution in [0.25, 0.3) is 33.4 Å². The molecule has 0 amide bonds. The van der Waals surface area contributed by atoms with Crippen LogP contribution in [-0.4, -0.2) is 6.36 Å². The van der Waals surface area contributed by atoms with Gasteiger partial charge in [0.05, 0.1) is 5.56 Å². The van der Waals surface area contributed by atoms with E-state index in [0.717, 1.165) is 43.4 Å². The highest BCUT2D eigenvalue weighted by Gasteiger charge is 2.35. The Morgan fingerprint density at radius 3 is 1.65 bits per heavy atom. The Labute approximate surface area is 270 Å². The topological polar surface area (TPSA) is 18.5 Å². The maximum atomic E-state index is 15.1. The van der Waals surface area contributed by atoms with E-state index in [0.29, 0.717) is 28.8 Å². The highest BCUT2D eigenvalue weighted by Crippen LogP contribution is 2.37. The summed E-state index contributed by atoms with van der Waals surface area (Å²) in [5.74, 6) is -7.08. The molecule has 0 aliphatic heterocycles. The Kier molecular flexibility index (Phi) is 10.1. The van der Waals surface area contributed by atoms with Crippen molar-refractivity contribution in [3.05, 3.63) is 131 Å². The first kappa shape index (κ1) is 34.4. The zero-order chi connectivity index (χ0) is 34.6. The summed E-state index contributed by atoms with van der Waals surface area (Å²) in [6, 6.07) is 20.1. The van der Waals surface area contributed by atoms with Gasteiger partial charge in [-0.05, 0) is 83.1 Å². The third-order valence-electron chi connectivity index (χ3n) is 7.57. The second kappa shape index (κ2) is 14.0. The molecule has 0 saturated carbocycles. The van der Waals surface area contributed by atoms with Gasteiger partial charge in [0.2, 0.25) is 5.75 Å². The fourth-order valence-electron chi connectivity index (χ4n) is 5.14. The molecule has 0 bridgehead atoms. The molecule has 0 aliphatic carbocycles. The molecular formula is C37H27F9O2. The number of halogens is 9. The number of unbranched alkanes of at least 4 members (excludes halogenated alkanes) is 2. The Hall–Kier alpha value is -4.93. The molecule has 0 radical (unpaired) electrons. The van der Waals surface area contributed by atoms with E-state index in [-0.39, 0.29) is 28.0 Å². The molecule has 0 fully saturated rings. The van der Waals surface area contributed by atoms with Crippen molar-refractivity contribution in [2.24, 2.45) is 0 Å². The average molecular weight is 675 g/mol. The standard InChI is InChI=1S/C37H27F9O2/c1-2-3-4-5-22-6-13-27(14-7-22)36(42,43)47-28-15-17-29(32(39)21-28)24-10-8-23(9-11-24)25-12-16-30(31(38)18-25)26-19-33(40)35(34(41)20-26)48-37(44,45)46/h6-21H,2-5H2,1H3. The van der Waals surface area contributed by atoms with Gasteiger partial charge >= 0.3 is 12.5 Å². The van der Waals surface area contributed by atoms with E-state index in [2.05, 4.69) is 11.7 Å². The molecular weight excluding hydrogens is 647 g/mol. The van der Waals surface area contributed by atoms with Gasteiger partial charge in [-0.1, -0.05) is 68.3 Å². The van der Waals surface area contributed by atoms with E-state index >= 15 is 8.78 Å². The minimum atomic E-state index is -5.33. The number of rotatable bonds is 11. The van der Waals surface area contributed by atoms with E-state index in [9.17, 15) is 30.7 Å². The molecule has 0 spiro atoms. The quantitative estimate of drug-likeness (QED) is 0.103. The summed E-state index contributed by atoms with van der Waals surface area (Å²) in [7, 11) is 0. The third-order valence-corrected chi connectivity index (χ3v) is 7.57. The molecule has 0 heterocycles. The average Bonchev–Trinajstić information content (AvgIpc) is 3.03. The normalized spacial score (nSPS) is 11.9. The number of hydrogen-bond acceptors (Lipinski definition) is 2. The van der Waals surface area contributed by atoms with Crippen LogP contribution in [0.15, 0.2) is 97.1 Å². The highest BCUT2D eigenvalue weighted by molar-refractivity contribution is 5.74. The fraction of sp³-hybridized carbons (Fsp3) is 0.189. The number of benzene rings is 5. The van der Waals surface area contributed by atoms with Crippen LogP contribution in [0.4, 0.5) is 39.5 Å². The zero-order valence-electron chi connectivity index (χ0n) is 25.3. The van der Waals surface area contributed by atoms with E-state index < -0.39 is 41.5 Å². The minimum absolute atomic E-state index is 0.0946. The van der Waals surface area contributed by atoms with Gasteiger partial charge in [0.25, 0.3) is 0 Å². The molecule has 5 aromatic rings. The van der Waals surface area contributed by atoms with Gasteiger partial charge in [0.15, 0.2) is 11.6 Å². The molecule has 48 heavy (non-hydrogen) atoms. The molecule has 0 aromatic heterocycles. The van der Waals surface area contributed by atoms with Crippen molar-refractivity contribution < 1.29 is 49.0 Å². The summed E-state index contributed by atoms with van der Waals surface area (Å²) in [6.07, 6.45) is -5.18. The molecule has 5 aromatic carbocycles. The summed E-state index contributed by atoms with van der Waals surface area (Å²) in [6.45, 7) is 2.08. The summed E-state index contributed by atoms with van der Waals surface area (Å²) >= 11 is 0. The number of aryl methyl sites for hydroxylation is 1. The van der Waals surface area contributed by atoms with Crippen molar-refractivity contribution in [2.75, 3.05) is 0 Å². The van der Waals surface area contributed by atoms with E-state index in [1.54, 1.807) is 24.3 Å². The van der Waals surface area contributed by atoms with Gasteiger partial charge < -0.3 is 9.47 Å². The smallest absolute Gasteiger partial charge is 0.429 e. The number of hydrogen-bond donors (Lipinski definition) is 0. The second-order valence-electron chi connectivity index (χ2n) is 11.0. The molecule has 0 N–H and O–H groups in total. The Morgan fingerprint density at radius 2 is 1.06 bits per heavy atom. The van der Waals surface area contributed by atoms with Crippen LogP contribution in [0.2, 0.25) is 0 Å². The maximum Gasteiger partial charge on any atom is 0.573 e. The largest absolute Gasteiger partial charge is 0.573 e. The molecule has 5 rings (SSSR count). The van der Waals surface area contributed by atoms with Gasteiger partial charge in [-0.25, -0.2) is 17.6 Å². The van der Waals surface area contributed by atoms with Crippen molar-refractivity contribution in [1.29, 1.82) is 0 Å². The summed E-state index contributed by atoms with van der Waals surface area (Å²) < 4.78 is 134. The molecule has 250 valence electrons. The van der Waals surface area contributed by atoms with Gasteiger partial charge in [0, 0.05) is 17.2 Å². The first-order valence-corrected chi connectivity index (χ1v) is 14.9. The predicted molar refractivity (Wildman–Crippen MR) is 163 cm³/mol. The van der Waals surface area contributed by atoms with Crippen LogP contribution in [0, 0.1) is 23.3 Å². The summed E-state index contributed by atoms with van der Waals surface area (Å²) in [4.78, 5) is 0. The van der Waals surface area contributed by atoms with Gasteiger partial charge in [-0.15, -0.1) is 13.2 Å². The van der Waals surface area contributed by atoms with Crippen molar-refractivity contribution in [2.45, 2.75) is 45.1 Å². The zero-order valence-corrected chi connectivity index (χ0v) is 25.3. The van der Waals surface area contributed by atoms with Crippen molar-refractivity contribution >= 4 is 0 Å². The van der Waals surface area contributed by atoms with Crippen LogP contribution in [0.1, 0.15) is 37.3 Å². The lowest BCUT2D eigenvalue weighted by Gasteiger charge is -2.19.